The molecule has 19 heavy (non-hydrogen) atoms. The Labute approximate surface area is 111 Å². The number of nitrogens with one attached hydrogen (secondary N) is 1. The molecule has 2 N–H and O–H groups in total. The molecule has 0 aliphatic rings. The monoisotopic (exact) mass is 277 g/mol. The van der Waals surface area contributed by atoms with E-state index in [0.29, 0.717) is 0 Å². The molecule has 2 rings (SSSR count). The molecule has 2 aromatic rings. The molecule has 0 fully saturated rings. The molecular formula is C12H8FN3O2S. The third-order valence-electron chi connectivity index (χ3n) is 2.41. The summed E-state index contributed by atoms with van der Waals surface area (Å²) in [4.78, 5) is 18.2. The van der Waals surface area contributed by atoms with Gasteiger partial charge in [-0.25, -0.2) is 9.37 Å². The predicted molar refractivity (Wildman–Crippen MR) is 68.4 cm³/mol. The largest absolute Gasteiger partial charge is 0.508 e. The molecule has 1 aromatic heterocycles. The summed E-state index contributed by atoms with van der Waals surface area (Å²) in [7, 11) is 0. The van der Waals surface area contributed by atoms with Crippen LogP contribution in [-0.2, 0) is 0 Å². The van der Waals surface area contributed by atoms with E-state index in [1.807, 2.05) is 0 Å². The SMILES string of the molecule is CSc1nc(-c2ccc(O)cc2F)c(C#N)c(=O)[nH]1. The maximum absolute atomic E-state index is 13.8. The average Bonchev–Trinajstić information content (AvgIpc) is 2.37. The molecule has 0 aliphatic heterocycles. The molecule has 0 radical (unpaired) electrons. The first-order chi connectivity index (χ1) is 9.06. The summed E-state index contributed by atoms with van der Waals surface area (Å²) < 4.78 is 13.8. The topological polar surface area (TPSA) is 89.8 Å². The fraction of sp³-hybridized carbons (Fsp3) is 0.0833. The molecule has 0 saturated heterocycles. The molecule has 1 heterocycles. The number of nitrogens with zero attached hydrogens (tertiary/aromatic N) is 2. The van der Waals surface area contributed by atoms with Gasteiger partial charge >= 0.3 is 0 Å². The minimum absolute atomic E-state index is 0.00394. The van der Waals surface area contributed by atoms with Crippen LogP contribution in [0.15, 0.2) is 28.2 Å². The average molecular weight is 277 g/mol. The first kappa shape index (κ1) is 13.1. The fourth-order valence-corrected chi connectivity index (χ4v) is 1.92. The lowest BCUT2D eigenvalue weighted by Crippen LogP contribution is -2.14. The van der Waals surface area contributed by atoms with Gasteiger partial charge in [0.1, 0.15) is 23.2 Å². The van der Waals surface area contributed by atoms with Crippen LogP contribution in [0.1, 0.15) is 5.56 Å². The van der Waals surface area contributed by atoms with Crippen LogP contribution >= 0.6 is 11.8 Å². The molecule has 0 atom stereocenters. The first-order valence-electron chi connectivity index (χ1n) is 5.14. The zero-order valence-electron chi connectivity index (χ0n) is 9.77. The highest BCUT2D eigenvalue weighted by atomic mass is 32.2. The van der Waals surface area contributed by atoms with E-state index in [4.69, 9.17) is 10.4 Å². The zero-order valence-corrected chi connectivity index (χ0v) is 10.6. The number of nitriles is 1. The van der Waals surface area contributed by atoms with Gasteiger partial charge in [0.25, 0.3) is 5.56 Å². The van der Waals surface area contributed by atoms with Gasteiger partial charge in [-0.2, -0.15) is 5.26 Å². The summed E-state index contributed by atoms with van der Waals surface area (Å²) in [6.07, 6.45) is 1.70. The molecule has 0 unspecified atom stereocenters. The lowest BCUT2D eigenvalue weighted by Gasteiger charge is -2.06. The van der Waals surface area contributed by atoms with Gasteiger partial charge in [0.15, 0.2) is 5.16 Å². The Morgan fingerprint density at radius 1 is 1.53 bits per heavy atom. The van der Waals surface area contributed by atoms with Gasteiger partial charge in [0.05, 0.1) is 5.69 Å². The van der Waals surface area contributed by atoms with Gasteiger partial charge in [-0.1, -0.05) is 11.8 Å². The highest BCUT2D eigenvalue weighted by Gasteiger charge is 2.16. The third-order valence-corrected chi connectivity index (χ3v) is 2.99. The van der Waals surface area contributed by atoms with E-state index >= 15 is 0 Å². The van der Waals surface area contributed by atoms with Gasteiger partial charge in [-0.3, -0.25) is 4.79 Å². The normalized spacial score (nSPS) is 10.2. The Kier molecular flexibility index (Phi) is 3.53. The number of thioether (sulfide) groups is 1. The van der Waals surface area contributed by atoms with Crippen LogP contribution in [0.4, 0.5) is 4.39 Å². The summed E-state index contributed by atoms with van der Waals surface area (Å²) in [5, 5.41) is 18.4. The van der Waals surface area contributed by atoms with Crippen LogP contribution in [-0.4, -0.2) is 21.3 Å². The van der Waals surface area contributed by atoms with Crippen LogP contribution in [0.5, 0.6) is 5.75 Å². The van der Waals surface area contributed by atoms with Gasteiger partial charge in [0.2, 0.25) is 0 Å². The number of benzene rings is 1. The summed E-state index contributed by atoms with van der Waals surface area (Å²) >= 11 is 1.17. The standard InChI is InChI=1S/C12H8FN3O2S/c1-19-12-15-10(8(5-14)11(18)16-12)7-3-2-6(17)4-9(7)13/h2-4,17H,1H3,(H,15,16,18). The molecule has 96 valence electrons. The van der Waals surface area contributed by atoms with Crippen LogP contribution < -0.4 is 5.56 Å². The fourth-order valence-electron chi connectivity index (χ4n) is 1.54. The maximum atomic E-state index is 13.8. The van der Waals surface area contributed by atoms with Gasteiger partial charge < -0.3 is 10.1 Å². The van der Waals surface area contributed by atoms with Crippen molar-refractivity contribution in [3.8, 4) is 23.1 Å². The third kappa shape index (κ3) is 2.44. The van der Waals surface area contributed by atoms with Gasteiger partial charge in [0, 0.05) is 11.6 Å². The Morgan fingerprint density at radius 2 is 2.26 bits per heavy atom. The summed E-state index contributed by atoms with van der Waals surface area (Å²) in [6, 6.07) is 5.15. The minimum atomic E-state index is -0.748. The van der Waals surface area contributed by atoms with Crippen LogP contribution in [0.2, 0.25) is 0 Å². The van der Waals surface area contributed by atoms with Crippen LogP contribution in [0.25, 0.3) is 11.3 Å². The van der Waals surface area contributed by atoms with Crippen molar-refractivity contribution < 1.29 is 9.50 Å². The lowest BCUT2D eigenvalue weighted by atomic mass is 10.1. The van der Waals surface area contributed by atoms with Crippen molar-refractivity contribution in [2.75, 3.05) is 6.26 Å². The molecule has 0 spiro atoms. The number of hydrogen-bond donors (Lipinski definition) is 2. The number of phenols is 1. The number of rotatable bonds is 2. The highest BCUT2D eigenvalue weighted by Crippen LogP contribution is 2.26. The van der Waals surface area contributed by atoms with Crippen molar-refractivity contribution in [2.24, 2.45) is 0 Å². The Hall–Kier alpha value is -2.33. The quantitative estimate of drug-likeness (QED) is 0.646. The first-order valence-corrected chi connectivity index (χ1v) is 6.36. The summed E-state index contributed by atoms with van der Waals surface area (Å²) in [5.74, 6) is -0.989. The smallest absolute Gasteiger partial charge is 0.270 e. The van der Waals surface area contributed by atoms with E-state index < -0.39 is 11.4 Å². The number of aromatic amines is 1. The van der Waals surface area contributed by atoms with E-state index in [2.05, 4.69) is 9.97 Å². The Morgan fingerprint density at radius 3 is 2.84 bits per heavy atom. The minimum Gasteiger partial charge on any atom is -0.508 e. The molecule has 0 amide bonds. The van der Waals surface area contributed by atoms with E-state index in [-0.39, 0.29) is 27.7 Å². The number of aromatic nitrogens is 2. The second-order valence-corrected chi connectivity index (χ2v) is 4.37. The second kappa shape index (κ2) is 5.12. The van der Waals surface area contributed by atoms with Crippen molar-refractivity contribution in [1.82, 2.24) is 9.97 Å². The van der Waals surface area contributed by atoms with Crippen molar-refractivity contribution in [3.05, 3.63) is 39.9 Å². The second-order valence-electron chi connectivity index (χ2n) is 3.57. The molecule has 0 bridgehead atoms. The number of aromatic hydroxyl groups is 1. The number of H-pyrrole nitrogens is 1. The van der Waals surface area contributed by atoms with Gasteiger partial charge in [-0.15, -0.1) is 0 Å². The maximum Gasteiger partial charge on any atom is 0.270 e. The molecule has 1 aromatic carbocycles. The Bertz CT molecular complexity index is 737. The molecular weight excluding hydrogens is 269 g/mol. The van der Waals surface area contributed by atoms with E-state index in [1.54, 1.807) is 12.3 Å². The van der Waals surface area contributed by atoms with E-state index in [1.165, 1.54) is 23.9 Å². The lowest BCUT2D eigenvalue weighted by molar-refractivity contribution is 0.469. The number of halogens is 1. The zero-order chi connectivity index (χ0) is 14.0. The highest BCUT2D eigenvalue weighted by molar-refractivity contribution is 7.98. The van der Waals surface area contributed by atoms with Crippen LogP contribution in [0.3, 0.4) is 0 Å². The molecule has 5 nitrogen and oxygen atoms in total. The van der Waals surface area contributed by atoms with Crippen LogP contribution in [0, 0.1) is 17.1 Å². The van der Waals surface area contributed by atoms with Crippen molar-refractivity contribution in [3.63, 3.8) is 0 Å². The number of phenolic OH excluding ortho intramolecular Hbond substituents is 1. The predicted octanol–water partition coefficient (Wildman–Crippen LogP) is 1.88. The summed E-state index contributed by atoms with van der Waals surface area (Å²) in [5.41, 5.74) is -0.921. The van der Waals surface area contributed by atoms with E-state index in [9.17, 15) is 9.18 Å². The molecule has 0 aliphatic carbocycles. The van der Waals surface area contributed by atoms with E-state index in [0.717, 1.165) is 6.07 Å². The molecule has 0 saturated carbocycles. The molecule has 7 heteroatoms. The van der Waals surface area contributed by atoms with Crippen molar-refractivity contribution >= 4 is 11.8 Å². The van der Waals surface area contributed by atoms with Crippen molar-refractivity contribution in [1.29, 1.82) is 5.26 Å². The number of hydrogen-bond acceptors (Lipinski definition) is 5. The van der Waals surface area contributed by atoms with Crippen molar-refractivity contribution in [2.45, 2.75) is 5.16 Å². The summed E-state index contributed by atoms with van der Waals surface area (Å²) in [6.45, 7) is 0. The van der Waals surface area contributed by atoms with Gasteiger partial charge in [-0.05, 0) is 18.4 Å². The Balaban J connectivity index is 2.77.